The lowest BCUT2D eigenvalue weighted by molar-refractivity contribution is 0.344. The Balaban J connectivity index is 3.52. The number of sulfone groups is 1. The van der Waals surface area contributed by atoms with Gasteiger partial charge in [-0.3, -0.25) is 0 Å². The minimum atomic E-state index is -3.54. The molecule has 0 aliphatic rings. The van der Waals surface area contributed by atoms with Crippen LogP contribution < -0.4 is 9.47 Å². The Morgan fingerprint density at radius 1 is 1.20 bits per heavy atom. The van der Waals surface area contributed by atoms with Crippen molar-refractivity contribution >= 4 is 21.4 Å². The molecule has 0 unspecified atom stereocenters. The van der Waals surface area contributed by atoms with Crippen molar-refractivity contribution in [2.45, 2.75) is 4.90 Å². The van der Waals surface area contributed by atoms with Gasteiger partial charge >= 0.3 is 6.01 Å². The number of ether oxygens (including phenoxy) is 2. The zero-order chi connectivity index (χ0) is 11.6. The van der Waals surface area contributed by atoms with E-state index in [-0.39, 0.29) is 21.9 Å². The summed E-state index contributed by atoms with van der Waals surface area (Å²) in [4.78, 5) is 7.11. The van der Waals surface area contributed by atoms with Crippen LogP contribution >= 0.6 is 11.6 Å². The van der Waals surface area contributed by atoms with Gasteiger partial charge in [-0.15, -0.1) is 0 Å². The summed E-state index contributed by atoms with van der Waals surface area (Å²) in [6, 6.07) is -0.0516. The Labute approximate surface area is 92.1 Å². The number of hydrogen-bond acceptors (Lipinski definition) is 6. The summed E-state index contributed by atoms with van der Waals surface area (Å²) < 4.78 is 32.2. The number of rotatable bonds is 3. The molecular weight excluding hydrogens is 244 g/mol. The molecule has 1 rings (SSSR count). The van der Waals surface area contributed by atoms with E-state index in [0.717, 1.165) is 6.26 Å². The van der Waals surface area contributed by atoms with Gasteiger partial charge in [0.2, 0.25) is 5.88 Å². The van der Waals surface area contributed by atoms with Crippen LogP contribution in [0.2, 0.25) is 5.15 Å². The minimum absolute atomic E-state index is 0.0516. The normalized spacial score (nSPS) is 11.2. The lowest BCUT2D eigenvalue weighted by Gasteiger charge is -2.08. The molecule has 0 saturated carbocycles. The number of hydrogen-bond donors (Lipinski definition) is 0. The second-order valence-electron chi connectivity index (χ2n) is 2.61. The van der Waals surface area contributed by atoms with Crippen LogP contribution in [0.5, 0.6) is 11.9 Å². The molecule has 0 bridgehead atoms. The van der Waals surface area contributed by atoms with Gasteiger partial charge in [0.1, 0.15) is 0 Å². The fraction of sp³-hybridized carbons (Fsp3) is 0.429. The Morgan fingerprint density at radius 3 is 2.20 bits per heavy atom. The quantitative estimate of drug-likeness (QED) is 0.731. The van der Waals surface area contributed by atoms with Gasteiger partial charge in [-0.2, -0.15) is 9.97 Å². The first-order chi connectivity index (χ1) is 6.90. The molecule has 8 heteroatoms. The van der Waals surface area contributed by atoms with Crippen LogP contribution in [-0.4, -0.2) is 38.9 Å². The van der Waals surface area contributed by atoms with Gasteiger partial charge in [-0.25, -0.2) is 8.42 Å². The van der Waals surface area contributed by atoms with Crippen LogP contribution in [0.3, 0.4) is 0 Å². The third-order valence-corrected chi connectivity index (χ3v) is 3.01. The second-order valence-corrected chi connectivity index (χ2v) is 4.92. The summed E-state index contributed by atoms with van der Waals surface area (Å²) in [5.41, 5.74) is 0. The molecule has 0 aliphatic carbocycles. The van der Waals surface area contributed by atoms with Crippen molar-refractivity contribution in [3.63, 3.8) is 0 Å². The van der Waals surface area contributed by atoms with Crippen LogP contribution in [-0.2, 0) is 9.84 Å². The van der Waals surface area contributed by atoms with E-state index >= 15 is 0 Å². The maximum atomic E-state index is 11.3. The molecule has 1 heterocycles. The van der Waals surface area contributed by atoms with Crippen LogP contribution in [0, 0.1) is 0 Å². The lowest BCUT2D eigenvalue weighted by atomic mass is 10.6. The Kier molecular flexibility index (Phi) is 3.35. The average molecular weight is 253 g/mol. The number of nitrogens with zero attached hydrogens (tertiary/aromatic N) is 2. The van der Waals surface area contributed by atoms with Crippen molar-refractivity contribution in [2.75, 3.05) is 20.5 Å². The van der Waals surface area contributed by atoms with Crippen molar-refractivity contribution in [1.82, 2.24) is 9.97 Å². The monoisotopic (exact) mass is 252 g/mol. The topological polar surface area (TPSA) is 78.4 Å². The van der Waals surface area contributed by atoms with Gasteiger partial charge in [0, 0.05) is 6.26 Å². The molecule has 0 radical (unpaired) electrons. The highest BCUT2D eigenvalue weighted by atomic mass is 35.5. The molecule has 6 nitrogen and oxygen atoms in total. The van der Waals surface area contributed by atoms with Crippen LogP contribution in [0.25, 0.3) is 0 Å². The zero-order valence-electron chi connectivity index (χ0n) is 8.31. The van der Waals surface area contributed by atoms with Gasteiger partial charge in [-0.1, -0.05) is 11.6 Å². The summed E-state index contributed by atoms with van der Waals surface area (Å²) in [5.74, 6) is -0.130. The molecule has 0 aromatic carbocycles. The predicted molar refractivity (Wildman–Crippen MR) is 53.3 cm³/mol. The van der Waals surface area contributed by atoms with E-state index in [2.05, 4.69) is 9.97 Å². The molecule has 0 N–H and O–H groups in total. The summed E-state index contributed by atoms with van der Waals surface area (Å²) in [5, 5.41) is -0.221. The predicted octanol–water partition coefficient (Wildman–Crippen LogP) is 0.551. The molecule has 1 aromatic heterocycles. The second kappa shape index (κ2) is 4.19. The number of aromatic nitrogens is 2. The molecule has 0 aliphatic heterocycles. The van der Waals surface area contributed by atoms with E-state index in [1.807, 2.05) is 0 Å². The average Bonchev–Trinajstić information content (AvgIpc) is 2.14. The highest BCUT2D eigenvalue weighted by Crippen LogP contribution is 2.29. The van der Waals surface area contributed by atoms with Crippen LogP contribution in [0.1, 0.15) is 0 Å². The molecular formula is C7H9ClN2O4S. The number of methoxy groups -OCH3 is 2. The summed E-state index contributed by atoms with van der Waals surface area (Å²) >= 11 is 5.69. The molecule has 0 fully saturated rings. The number of halogens is 1. The van der Waals surface area contributed by atoms with Gasteiger partial charge in [0.05, 0.1) is 14.2 Å². The Bertz CT molecular complexity index is 474. The summed E-state index contributed by atoms with van der Waals surface area (Å²) in [6.45, 7) is 0. The Morgan fingerprint density at radius 2 is 1.80 bits per heavy atom. The molecule has 0 saturated heterocycles. The standard InChI is InChI=1S/C7H9ClN2O4S/c1-13-6-4(15(3,11)12)5(8)9-7(10-6)14-2/h1-3H3. The van der Waals surface area contributed by atoms with E-state index in [4.69, 9.17) is 21.1 Å². The van der Waals surface area contributed by atoms with Crippen molar-refractivity contribution in [1.29, 1.82) is 0 Å². The zero-order valence-corrected chi connectivity index (χ0v) is 9.89. The first-order valence-corrected chi connectivity index (χ1v) is 6.02. The van der Waals surface area contributed by atoms with E-state index in [0.29, 0.717) is 0 Å². The maximum absolute atomic E-state index is 11.3. The van der Waals surface area contributed by atoms with Gasteiger partial charge < -0.3 is 9.47 Å². The molecule has 0 atom stereocenters. The third-order valence-electron chi connectivity index (χ3n) is 1.52. The van der Waals surface area contributed by atoms with Crippen molar-refractivity contribution < 1.29 is 17.9 Å². The molecule has 1 aromatic rings. The molecule has 84 valence electrons. The largest absolute Gasteiger partial charge is 0.480 e. The summed E-state index contributed by atoms with van der Waals surface area (Å²) in [7, 11) is -0.916. The molecule has 0 spiro atoms. The smallest absolute Gasteiger partial charge is 0.320 e. The first-order valence-electron chi connectivity index (χ1n) is 3.75. The van der Waals surface area contributed by atoms with Crippen LogP contribution in [0.15, 0.2) is 4.90 Å². The highest BCUT2D eigenvalue weighted by Gasteiger charge is 2.23. The van der Waals surface area contributed by atoms with E-state index in [1.54, 1.807) is 0 Å². The maximum Gasteiger partial charge on any atom is 0.320 e. The summed E-state index contributed by atoms with van der Waals surface area (Å²) in [6.07, 6.45) is 0.993. The lowest BCUT2D eigenvalue weighted by Crippen LogP contribution is -2.06. The highest BCUT2D eigenvalue weighted by molar-refractivity contribution is 7.91. The SMILES string of the molecule is COc1nc(Cl)c(S(C)(=O)=O)c(OC)n1. The van der Waals surface area contributed by atoms with Crippen LogP contribution in [0.4, 0.5) is 0 Å². The van der Waals surface area contributed by atoms with Crippen molar-refractivity contribution in [2.24, 2.45) is 0 Å². The Hall–Kier alpha value is -1.08. The first kappa shape index (κ1) is 12.0. The van der Waals surface area contributed by atoms with Gasteiger partial charge in [-0.05, 0) is 0 Å². The van der Waals surface area contributed by atoms with Crippen molar-refractivity contribution in [3.8, 4) is 11.9 Å². The fourth-order valence-corrected chi connectivity index (χ4v) is 2.30. The van der Waals surface area contributed by atoms with Gasteiger partial charge in [0.25, 0.3) is 0 Å². The van der Waals surface area contributed by atoms with E-state index in [1.165, 1.54) is 14.2 Å². The minimum Gasteiger partial charge on any atom is -0.480 e. The van der Waals surface area contributed by atoms with E-state index < -0.39 is 9.84 Å². The van der Waals surface area contributed by atoms with Gasteiger partial charge in [0.15, 0.2) is 19.9 Å². The molecule has 15 heavy (non-hydrogen) atoms. The third kappa shape index (κ3) is 2.48. The fourth-order valence-electron chi connectivity index (χ4n) is 0.927. The van der Waals surface area contributed by atoms with Crippen molar-refractivity contribution in [3.05, 3.63) is 5.15 Å². The molecule has 0 amide bonds. The van der Waals surface area contributed by atoms with E-state index in [9.17, 15) is 8.42 Å².